The van der Waals surface area contributed by atoms with Gasteiger partial charge in [-0.2, -0.15) is 0 Å². The molecule has 1 atom stereocenters. The van der Waals surface area contributed by atoms with Gasteiger partial charge >= 0.3 is 0 Å². The van der Waals surface area contributed by atoms with Crippen LogP contribution in [0.1, 0.15) is 18.4 Å². The maximum absolute atomic E-state index is 4.51. The summed E-state index contributed by atoms with van der Waals surface area (Å²) in [5, 5.41) is 4.84. The van der Waals surface area contributed by atoms with Gasteiger partial charge in [-0.15, -0.1) is 0 Å². The highest BCUT2D eigenvalue weighted by molar-refractivity contribution is 5.81. The third-order valence-corrected chi connectivity index (χ3v) is 4.19. The summed E-state index contributed by atoms with van der Waals surface area (Å²) < 4.78 is 0. The number of benzene rings is 1. The van der Waals surface area contributed by atoms with E-state index in [0.29, 0.717) is 0 Å². The van der Waals surface area contributed by atoms with E-state index in [0.717, 1.165) is 24.5 Å². The zero-order chi connectivity index (χ0) is 13.8. The van der Waals surface area contributed by atoms with E-state index in [1.165, 1.54) is 36.9 Å². The van der Waals surface area contributed by atoms with Gasteiger partial charge in [-0.1, -0.05) is 24.3 Å². The number of fused-ring (bicyclic) bond motifs is 1. The molecular formula is C17H23N3. The fourth-order valence-electron chi connectivity index (χ4n) is 3.16. The van der Waals surface area contributed by atoms with Crippen LogP contribution in [0.3, 0.4) is 0 Å². The molecule has 1 aromatic carbocycles. The lowest BCUT2D eigenvalue weighted by molar-refractivity contribution is 0.206. The molecule has 3 nitrogen and oxygen atoms in total. The van der Waals surface area contributed by atoms with Gasteiger partial charge in [-0.3, -0.25) is 4.98 Å². The first-order valence-electron chi connectivity index (χ1n) is 7.55. The Morgan fingerprint density at radius 1 is 1.30 bits per heavy atom. The number of para-hydroxylation sites is 1. The van der Waals surface area contributed by atoms with E-state index < -0.39 is 0 Å². The van der Waals surface area contributed by atoms with Crippen LogP contribution in [-0.4, -0.2) is 36.6 Å². The van der Waals surface area contributed by atoms with Crippen LogP contribution in [0.2, 0.25) is 0 Å². The average Bonchev–Trinajstić information content (AvgIpc) is 2.48. The van der Waals surface area contributed by atoms with Crippen LogP contribution in [0.15, 0.2) is 36.5 Å². The lowest BCUT2D eigenvalue weighted by atomic mass is 9.98. The molecule has 0 amide bonds. The fourth-order valence-corrected chi connectivity index (χ4v) is 3.16. The Morgan fingerprint density at radius 3 is 3.10 bits per heavy atom. The standard InChI is InChI=1S/C17H23N3/c1-20-10-4-5-14(13-20)11-18-12-16-7-2-6-15-8-3-9-19-17(15)16/h2-3,6-9,14,18H,4-5,10-13H2,1H3. The first kappa shape index (κ1) is 13.5. The molecule has 1 N–H and O–H groups in total. The van der Waals surface area contributed by atoms with Crippen molar-refractivity contribution in [3.05, 3.63) is 42.1 Å². The van der Waals surface area contributed by atoms with Crippen molar-refractivity contribution < 1.29 is 0 Å². The largest absolute Gasteiger partial charge is 0.312 e. The van der Waals surface area contributed by atoms with Crippen LogP contribution in [-0.2, 0) is 6.54 Å². The summed E-state index contributed by atoms with van der Waals surface area (Å²) in [5.74, 6) is 0.789. The second-order valence-electron chi connectivity index (χ2n) is 5.89. The highest BCUT2D eigenvalue weighted by Gasteiger charge is 2.16. The van der Waals surface area contributed by atoms with Gasteiger partial charge in [-0.05, 0) is 50.5 Å². The molecule has 1 aromatic heterocycles. The molecule has 1 aliphatic heterocycles. The molecule has 0 saturated carbocycles. The van der Waals surface area contributed by atoms with Crippen LogP contribution in [0.4, 0.5) is 0 Å². The smallest absolute Gasteiger partial charge is 0.0746 e. The number of hydrogen-bond acceptors (Lipinski definition) is 3. The minimum Gasteiger partial charge on any atom is -0.312 e. The van der Waals surface area contributed by atoms with Crippen LogP contribution < -0.4 is 5.32 Å². The Labute approximate surface area is 121 Å². The maximum atomic E-state index is 4.51. The molecule has 0 bridgehead atoms. The van der Waals surface area contributed by atoms with Gasteiger partial charge in [0, 0.05) is 24.7 Å². The Kier molecular flexibility index (Phi) is 4.28. The molecule has 2 heterocycles. The molecule has 2 aromatic rings. The summed E-state index contributed by atoms with van der Waals surface area (Å²) in [4.78, 5) is 6.95. The van der Waals surface area contributed by atoms with Crippen LogP contribution in [0.5, 0.6) is 0 Å². The minimum atomic E-state index is 0.789. The summed E-state index contributed by atoms with van der Waals surface area (Å²) in [6, 6.07) is 10.5. The van der Waals surface area contributed by atoms with E-state index >= 15 is 0 Å². The Balaban J connectivity index is 1.60. The molecule has 1 unspecified atom stereocenters. The predicted molar refractivity (Wildman–Crippen MR) is 83.7 cm³/mol. The molecular weight excluding hydrogens is 246 g/mol. The normalized spacial score (nSPS) is 20.4. The van der Waals surface area contributed by atoms with Crippen LogP contribution in [0.25, 0.3) is 10.9 Å². The van der Waals surface area contributed by atoms with Crippen molar-refractivity contribution in [3.63, 3.8) is 0 Å². The topological polar surface area (TPSA) is 28.2 Å². The molecule has 1 aliphatic rings. The number of likely N-dealkylation sites (tertiary alicyclic amines) is 1. The summed E-state index contributed by atoms with van der Waals surface area (Å²) >= 11 is 0. The Morgan fingerprint density at radius 2 is 2.20 bits per heavy atom. The van der Waals surface area contributed by atoms with Crippen molar-refractivity contribution in [1.82, 2.24) is 15.2 Å². The van der Waals surface area contributed by atoms with E-state index in [-0.39, 0.29) is 0 Å². The highest BCUT2D eigenvalue weighted by atomic mass is 15.1. The first-order chi connectivity index (χ1) is 9.83. The molecule has 3 rings (SSSR count). The van der Waals surface area contributed by atoms with Crippen molar-refractivity contribution in [2.75, 3.05) is 26.7 Å². The third-order valence-electron chi connectivity index (χ3n) is 4.19. The van der Waals surface area contributed by atoms with Crippen molar-refractivity contribution >= 4 is 10.9 Å². The average molecular weight is 269 g/mol. The second-order valence-corrected chi connectivity index (χ2v) is 5.89. The summed E-state index contributed by atoms with van der Waals surface area (Å²) in [5.41, 5.74) is 2.43. The fraction of sp³-hybridized carbons (Fsp3) is 0.471. The van der Waals surface area contributed by atoms with Crippen molar-refractivity contribution in [1.29, 1.82) is 0 Å². The van der Waals surface area contributed by atoms with Gasteiger partial charge in [0.2, 0.25) is 0 Å². The van der Waals surface area contributed by atoms with Gasteiger partial charge in [-0.25, -0.2) is 0 Å². The number of nitrogens with zero attached hydrogens (tertiary/aromatic N) is 2. The number of pyridine rings is 1. The number of hydrogen-bond donors (Lipinski definition) is 1. The van der Waals surface area contributed by atoms with Crippen molar-refractivity contribution in [2.45, 2.75) is 19.4 Å². The Bertz CT molecular complexity index is 562. The molecule has 0 aliphatic carbocycles. The summed E-state index contributed by atoms with van der Waals surface area (Å²) in [6.45, 7) is 4.49. The summed E-state index contributed by atoms with van der Waals surface area (Å²) in [7, 11) is 2.22. The van der Waals surface area contributed by atoms with Gasteiger partial charge in [0.15, 0.2) is 0 Å². The molecule has 1 saturated heterocycles. The number of nitrogens with one attached hydrogen (secondary N) is 1. The van der Waals surface area contributed by atoms with Gasteiger partial charge in [0.05, 0.1) is 5.52 Å². The van der Waals surface area contributed by atoms with Crippen molar-refractivity contribution in [2.24, 2.45) is 5.92 Å². The van der Waals surface area contributed by atoms with Crippen LogP contribution >= 0.6 is 0 Å². The molecule has 3 heteroatoms. The molecule has 1 fully saturated rings. The van der Waals surface area contributed by atoms with E-state index in [9.17, 15) is 0 Å². The zero-order valence-electron chi connectivity index (χ0n) is 12.2. The number of rotatable bonds is 4. The molecule has 0 spiro atoms. The lowest BCUT2D eigenvalue weighted by Gasteiger charge is -2.29. The van der Waals surface area contributed by atoms with E-state index in [1.54, 1.807) is 0 Å². The highest BCUT2D eigenvalue weighted by Crippen LogP contribution is 2.17. The zero-order valence-corrected chi connectivity index (χ0v) is 12.2. The number of piperidine rings is 1. The Hall–Kier alpha value is -1.45. The molecule has 106 valence electrons. The van der Waals surface area contributed by atoms with Gasteiger partial charge in [0.25, 0.3) is 0 Å². The molecule has 0 radical (unpaired) electrons. The summed E-state index contributed by atoms with van der Waals surface area (Å²) in [6.07, 6.45) is 4.56. The minimum absolute atomic E-state index is 0.789. The molecule has 20 heavy (non-hydrogen) atoms. The monoisotopic (exact) mass is 269 g/mol. The van der Waals surface area contributed by atoms with E-state index in [2.05, 4.69) is 46.5 Å². The quantitative estimate of drug-likeness (QED) is 0.925. The maximum Gasteiger partial charge on any atom is 0.0746 e. The van der Waals surface area contributed by atoms with Gasteiger partial charge in [0.1, 0.15) is 0 Å². The van der Waals surface area contributed by atoms with Crippen LogP contribution in [0, 0.1) is 5.92 Å². The van der Waals surface area contributed by atoms with Crippen molar-refractivity contribution in [3.8, 4) is 0 Å². The van der Waals surface area contributed by atoms with Gasteiger partial charge < -0.3 is 10.2 Å². The van der Waals surface area contributed by atoms with E-state index in [4.69, 9.17) is 0 Å². The van der Waals surface area contributed by atoms with E-state index in [1.807, 2.05) is 12.3 Å². The SMILES string of the molecule is CN1CCCC(CNCc2cccc3cccnc23)C1. The third kappa shape index (κ3) is 3.17. The lowest BCUT2D eigenvalue weighted by Crippen LogP contribution is -2.37. The first-order valence-corrected chi connectivity index (χ1v) is 7.55. The second kappa shape index (κ2) is 6.33. The number of aromatic nitrogens is 1. The predicted octanol–water partition coefficient (Wildman–Crippen LogP) is 2.67.